The van der Waals surface area contributed by atoms with Gasteiger partial charge in [0, 0.05) is 35.2 Å². The standard InChI is InChI=1S/C21H22N4OS/c26-20(15-27-21-19-7-3-2-6-16(19)14-22-24-21)23-17-8-10-18(11-9-17)25-12-4-1-5-13-25/h2-3,6-11,14H,1,4-5,12-13,15H2,(H,23,26). The maximum atomic E-state index is 12.3. The monoisotopic (exact) mass is 378 g/mol. The summed E-state index contributed by atoms with van der Waals surface area (Å²) in [5, 5.41) is 14.0. The number of hydrogen-bond donors (Lipinski definition) is 1. The van der Waals surface area contributed by atoms with E-state index in [1.165, 1.54) is 36.7 Å². The number of benzene rings is 2. The van der Waals surface area contributed by atoms with Crippen LogP contribution in [0.2, 0.25) is 0 Å². The lowest BCUT2D eigenvalue weighted by Gasteiger charge is -2.28. The molecule has 1 aromatic heterocycles. The molecule has 0 radical (unpaired) electrons. The van der Waals surface area contributed by atoms with Crippen LogP contribution in [0.4, 0.5) is 11.4 Å². The van der Waals surface area contributed by atoms with Crippen molar-refractivity contribution in [1.29, 1.82) is 0 Å². The number of aromatic nitrogens is 2. The van der Waals surface area contributed by atoms with Gasteiger partial charge in [-0.1, -0.05) is 36.0 Å². The number of carbonyl (C=O) groups excluding carboxylic acids is 1. The average molecular weight is 379 g/mol. The number of amides is 1. The topological polar surface area (TPSA) is 58.1 Å². The van der Waals surface area contributed by atoms with E-state index in [1.807, 2.05) is 36.4 Å². The fourth-order valence-electron chi connectivity index (χ4n) is 3.35. The Bertz CT molecular complexity index is 918. The van der Waals surface area contributed by atoms with Crippen molar-refractivity contribution < 1.29 is 4.79 Å². The number of carbonyl (C=O) groups is 1. The Kier molecular flexibility index (Phi) is 5.53. The molecule has 2 heterocycles. The van der Waals surface area contributed by atoms with Crippen molar-refractivity contribution in [2.75, 3.05) is 29.1 Å². The first-order chi connectivity index (χ1) is 13.3. The molecule has 27 heavy (non-hydrogen) atoms. The van der Waals surface area contributed by atoms with Gasteiger partial charge in [0.2, 0.25) is 5.91 Å². The molecule has 1 aliphatic heterocycles. The van der Waals surface area contributed by atoms with Gasteiger partial charge in [-0.05, 0) is 43.5 Å². The molecule has 0 bridgehead atoms. The molecule has 0 spiro atoms. The average Bonchev–Trinajstić information content (AvgIpc) is 2.73. The van der Waals surface area contributed by atoms with Gasteiger partial charge in [-0.3, -0.25) is 4.79 Å². The van der Waals surface area contributed by atoms with E-state index in [0.717, 1.165) is 34.6 Å². The van der Waals surface area contributed by atoms with E-state index in [4.69, 9.17) is 0 Å². The molecule has 1 N–H and O–H groups in total. The normalized spacial score (nSPS) is 14.3. The third-order valence-electron chi connectivity index (χ3n) is 4.75. The Hall–Kier alpha value is -2.60. The highest BCUT2D eigenvalue weighted by Crippen LogP contribution is 2.25. The number of nitrogens with one attached hydrogen (secondary N) is 1. The number of thioether (sulfide) groups is 1. The summed E-state index contributed by atoms with van der Waals surface area (Å²) in [4.78, 5) is 14.7. The summed E-state index contributed by atoms with van der Waals surface area (Å²) in [6.45, 7) is 2.24. The summed E-state index contributed by atoms with van der Waals surface area (Å²) < 4.78 is 0. The van der Waals surface area contributed by atoms with Crippen LogP contribution in [0.25, 0.3) is 10.8 Å². The van der Waals surface area contributed by atoms with E-state index >= 15 is 0 Å². The Morgan fingerprint density at radius 2 is 1.81 bits per heavy atom. The zero-order valence-electron chi connectivity index (χ0n) is 15.1. The number of anilines is 2. The molecule has 3 aromatic rings. The zero-order chi connectivity index (χ0) is 18.5. The highest BCUT2D eigenvalue weighted by molar-refractivity contribution is 8.00. The number of nitrogens with zero attached hydrogens (tertiary/aromatic N) is 3. The van der Waals surface area contributed by atoms with Crippen molar-refractivity contribution in [3.8, 4) is 0 Å². The van der Waals surface area contributed by atoms with Crippen molar-refractivity contribution in [2.24, 2.45) is 0 Å². The lowest BCUT2D eigenvalue weighted by atomic mass is 10.1. The fraction of sp³-hybridized carbons (Fsp3) is 0.286. The fourth-order valence-corrected chi connectivity index (χ4v) is 4.13. The van der Waals surface area contributed by atoms with Crippen LogP contribution in [-0.4, -0.2) is 34.9 Å². The SMILES string of the molecule is O=C(CSc1nncc2ccccc12)Nc1ccc(N2CCCCC2)cc1. The molecular weight excluding hydrogens is 356 g/mol. The van der Waals surface area contributed by atoms with E-state index in [-0.39, 0.29) is 5.91 Å². The van der Waals surface area contributed by atoms with E-state index in [2.05, 4.69) is 32.5 Å². The number of fused-ring (bicyclic) bond motifs is 1. The second-order valence-corrected chi connectivity index (χ2v) is 7.63. The van der Waals surface area contributed by atoms with Gasteiger partial charge in [0.15, 0.2) is 0 Å². The molecule has 0 atom stereocenters. The van der Waals surface area contributed by atoms with Crippen molar-refractivity contribution in [1.82, 2.24) is 10.2 Å². The van der Waals surface area contributed by atoms with Gasteiger partial charge in [-0.2, -0.15) is 5.10 Å². The predicted octanol–water partition coefficient (Wildman–Crippen LogP) is 4.35. The third-order valence-corrected chi connectivity index (χ3v) is 5.73. The van der Waals surface area contributed by atoms with Crippen molar-refractivity contribution in [3.63, 3.8) is 0 Å². The summed E-state index contributed by atoms with van der Waals surface area (Å²) in [6, 6.07) is 16.1. The first-order valence-electron chi connectivity index (χ1n) is 9.28. The Labute approximate surface area is 163 Å². The van der Waals surface area contributed by atoms with Crippen molar-refractivity contribution in [3.05, 3.63) is 54.7 Å². The second-order valence-electron chi connectivity index (χ2n) is 6.67. The van der Waals surface area contributed by atoms with Crippen LogP contribution in [0.15, 0.2) is 59.8 Å². The van der Waals surface area contributed by atoms with E-state index < -0.39 is 0 Å². The highest BCUT2D eigenvalue weighted by Gasteiger charge is 2.11. The van der Waals surface area contributed by atoms with Gasteiger partial charge in [0.1, 0.15) is 5.03 Å². The molecule has 0 saturated carbocycles. The summed E-state index contributed by atoms with van der Waals surface area (Å²) in [5.41, 5.74) is 2.05. The zero-order valence-corrected chi connectivity index (χ0v) is 15.9. The quantitative estimate of drug-likeness (QED) is 0.669. The van der Waals surface area contributed by atoms with Gasteiger partial charge in [0.25, 0.3) is 0 Å². The predicted molar refractivity (Wildman–Crippen MR) is 111 cm³/mol. The Morgan fingerprint density at radius 1 is 1.04 bits per heavy atom. The first-order valence-corrected chi connectivity index (χ1v) is 10.3. The van der Waals surface area contributed by atoms with Crippen LogP contribution in [0.1, 0.15) is 19.3 Å². The molecule has 1 fully saturated rings. The lowest BCUT2D eigenvalue weighted by molar-refractivity contribution is -0.113. The van der Waals surface area contributed by atoms with Crippen LogP contribution in [-0.2, 0) is 4.79 Å². The van der Waals surface area contributed by atoms with E-state index in [0.29, 0.717) is 5.75 Å². The van der Waals surface area contributed by atoms with Crippen LogP contribution in [0, 0.1) is 0 Å². The molecule has 1 aliphatic rings. The molecule has 2 aromatic carbocycles. The summed E-state index contributed by atoms with van der Waals surface area (Å²) in [5.74, 6) is 0.261. The minimum Gasteiger partial charge on any atom is -0.372 e. The first kappa shape index (κ1) is 17.8. The van der Waals surface area contributed by atoms with Crippen LogP contribution in [0.3, 0.4) is 0 Å². The van der Waals surface area contributed by atoms with Gasteiger partial charge in [0.05, 0.1) is 11.9 Å². The van der Waals surface area contributed by atoms with Gasteiger partial charge in [-0.25, -0.2) is 0 Å². The van der Waals surface area contributed by atoms with Crippen LogP contribution >= 0.6 is 11.8 Å². The molecule has 138 valence electrons. The van der Waals surface area contributed by atoms with Crippen molar-refractivity contribution >= 4 is 39.8 Å². The smallest absolute Gasteiger partial charge is 0.234 e. The minimum atomic E-state index is -0.0412. The number of piperidine rings is 1. The molecule has 6 heteroatoms. The Balaban J connectivity index is 1.35. The molecule has 0 aliphatic carbocycles. The lowest BCUT2D eigenvalue weighted by Crippen LogP contribution is -2.29. The minimum absolute atomic E-state index is 0.0412. The Morgan fingerprint density at radius 3 is 2.63 bits per heavy atom. The van der Waals surface area contributed by atoms with E-state index in [9.17, 15) is 4.79 Å². The summed E-state index contributed by atoms with van der Waals surface area (Å²) in [7, 11) is 0. The maximum Gasteiger partial charge on any atom is 0.234 e. The molecule has 1 saturated heterocycles. The molecule has 0 unspecified atom stereocenters. The summed E-state index contributed by atoms with van der Waals surface area (Å²) >= 11 is 1.41. The second kappa shape index (κ2) is 8.39. The molecule has 4 rings (SSSR count). The van der Waals surface area contributed by atoms with Crippen LogP contribution in [0.5, 0.6) is 0 Å². The largest absolute Gasteiger partial charge is 0.372 e. The maximum absolute atomic E-state index is 12.3. The van der Waals surface area contributed by atoms with Crippen molar-refractivity contribution in [2.45, 2.75) is 24.3 Å². The molecule has 5 nitrogen and oxygen atoms in total. The number of hydrogen-bond acceptors (Lipinski definition) is 5. The van der Waals surface area contributed by atoms with E-state index in [1.54, 1.807) is 6.20 Å². The number of rotatable bonds is 5. The highest BCUT2D eigenvalue weighted by atomic mass is 32.2. The van der Waals surface area contributed by atoms with Gasteiger partial charge >= 0.3 is 0 Å². The molecular formula is C21H22N4OS. The third kappa shape index (κ3) is 4.39. The van der Waals surface area contributed by atoms with Crippen LogP contribution < -0.4 is 10.2 Å². The van der Waals surface area contributed by atoms with Gasteiger partial charge in [-0.15, -0.1) is 5.10 Å². The van der Waals surface area contributed by atoms with Gasteiger partial charge < -0.3 is 10.2 Å². The molecule has 1 amide bonds. The summed E-state index contributed by atoms with van der Waals surface area (Å²) in [6.07, 6.45) is 5.58.